The molecule has 1 saturated heterocycles. The quantitative estimate of drug-likeness (QED) is 0.705. The topological polar surface area (TPSA) is 30.9 Å². The first kappa shape index (κ1) is 13.5. The predicted octanol–water partition coefficient (Wildman–Crippen LogP) is 1.81. The zero-order valence-corrected chi connectivity index (χ0v) is 12.3. The summed E-state index contributed by atoms with van der Waals surface area (Å²) < 4.78 is 16.8. The maximum absolute atomic E-state index is 5.61. The van der Waals surface area contributed by atoms with Gasteiger partial charge in [0, 0.05) is 33.9 Å². The van der Waals surface area contributed by atoms with Crippen molar-refractivity contribution in [3.05, 3.63) is 0 Å². The Labute approximate surface area is 106 Å². The summed E-state index contributed by atoms with van der Waals surface area (Å²) in [4.78, 5) is 2.57. The summed E-state index contributed by atoms with van der Waals surface area (Å²) in [5.41, 5.74) is 0.380. The number of nitrogens with zero attached hydrogens (tertiary/aromatic N) is 1. The lowest BCUT2D eigenvalue weighted by Gasteiger charge is -2.51. The summed E-state index contributed by atoms with van der Waals surface area (Å²) in [6, 6.07) is 0.731. The molecule has 0 radical (unpaired) electrons. The molecule has 0 amide bonds. The van der Waals surface area contributed by atoms with Gasteiger partial charge in [-0.05, 0) is 19.3 Å². The molecular weight excluding hydrogens is 234 g/mol. The van der Waals surface area contributed by atoms with E-state index in [0.717, 1.165) is 12.5 Å². The number of hydrogen-bond acceptors (Lipinski definition) is 4. The highest BCUT2D eigenvalue weighted by Crippen LogP contribution is 2.34. The summed E-state index contributed by atoms with van der Waals surface area (Å²) in [5, 5.41) is 0. The third-order valence-electron chi connectivity index (χ3n) is 4.37. The monoisotopic (exact) mass is 259 g/mol. The van der Waals surface area contributed by atoms with E-state index in [1.165, 1.54) is 38.6 Å². The smallest absolute Gasteiger partial charge is 0.376 e. The Morgan fingerprint density at radius 2 is 1.47 bits per heavy atom. The molecule has 1 aliphatic carbocycles. The zero-order chi connectivity index (χ0) is 12.3. The van der Waals surface area contributed by atoms with E-state index < -0.39 is 8.80 Å². The molecule has 5 heteroatoms. The standard InChI is InChI=1S/C12H25NO3Si/c1-14-17(15-2,16-3)12-9-10-13(12)11-7-5-4-6-8-11/h11-12H,4-10H2,1-3H3. The van der Waals surface area contributed by atoms with Crippen LogP contribution in [0.5, 0.6) is 0 Å². The average molecular weight is 259 g/mol. The van der Waals surface area contributed by atoms with Gasteiger partial charge in [-0.25, -0.2) is 0 Å². The van der Waals surface area contributed by atoms with Crippen molar-refractivity contribution in [1.29, 1.82) is 0 Å². The van der Waals surface area contributed by atoms with E-state index >= 15 is 0 Å². The summed E-state index contributed by atoms with van der Waals surface area (Å²) in [6.07, 6.45) is 7.95. The van der Waals surface area contributed by atoms with Crippen molar-refractivity contribution in [2.75, 3.05) is 27.9 Å². The van der Waals surface area contributed by atoms with Crippen molar-refractivity contribution in [3.8, 4) is 0 Å². The van der Waals surface area contributed by atoms with E-state index in [1.54, 1.807) is 21.3 Å². The van der Waals surface area contributed by atoms with E-state index in [9.17, 15) is 0 Å². The Bertz CT molecular complexity index is 234. The van der Waals surface area contributed by atoms with Gasteiger partial charge in [0.05, 0.1) is 5.67 Å². The van der Waals surface area contributed by atoms with Gasteiger partial charge in [-0.15, -0.1) is 0 Å². The summed E-state index contributed by atoms with van der Waals surface area (Å²) in [5.74, 6) is 0. The van der Waals surface area contributed by atoms with Gasteiger partial charge in [-0.2, -0.15) is 0 Å². The second-order valence-electron chi connectivity index (χ2n) is 5.05. The maximum Gasteiger partial charge on any atom is 0.518 e. The van der Waals surface area contributed by atoms with Gasteiger partial charge in [0.2, 0.25) is 0 Å². The minimum absolute atomic E-state index is 0.380. The zero-order valence-electron chi connectivity index (χ0n) is 11.3. The molecule has 1 atom stereocenters. The average Bonchev–Trinajstić information content (AvgIpc) is 2.36. The minimum atomic E-state index is -2.46. The Kier molecular flexibility index (Phi) is 4.60. The SMILES string of the molecule is CO[Si](OC)(OC)C1CCN1C1CCCCC1. The van der Waals surface area contributed by atoms with Gasteiger partial charge in [-0.3, -0.25) is 4.90 Å². The molecule has 0 aromatic rings. The molecule has 0 bridgehead atoms. The van der Waals surface area contributed by atoms with Crippen LogP contribution >= 0.6 is 0 Å². The fourth-order valence-corrected chi connectivity index (χ4v) is 5.84. The van der Waals surface area contributed by atoms with Crippen LogP contribution in [0.25, 0.3) is 0 Å². The van der Waals surface area contributed by atoms with Crippen LogP contribution in [0.3, 0.4) is 0 Å². The highest BCUT2D eigenvalue weighted by atomic mass is 28.4. The van der Waals surface area contributed by atoms with Gasteiger partial charge in [-0.1, -0.05) is 19.3 Å². The van der Waals surface area contributed by atoms with Gasteiger partial charge < -0.3 is 13.3 Å². The van der Waals surface area contributed by atoms with Crippen LogP contribution in [-0.2, 0) is 13.3 Å². The lowest BCUT2D eigenvalue weighted by atomic mass is 9.92. The molecular formula is C12H25NO3Si. The third kappa shape index (κ3) is 2.44. The lowest BCUT2D eigenvalue weighted by Crippen LogP contribution is -2.69. The van der Waals surface area contributed by atoms with Crippen LogP contribution in [0.1, 0.15) is 38.5 Å². The normalized spacial score (nSPS) is 28.1. The first-order chi connectivity index (χ1) is 8.27. The first-order valence-corrected chi connectivity index (χ1v) is 8.49. The van der Waals surface area contributed by atoms with Crippen molar-refractivity contribution in [3.63, 3.8) is 0 Å². The molecule has 2 aliphatic rings. The molecule has 1 aliphatic heterocycles. The molecule has 0 aromatic heterocycles. The molecule has 1 heterocycles. The van der Waals surface area contributed by atoms with Crippen LogP contribution in [0.2, 0.25) is 0 Å². The molecule has 1 unspecified atom stereocenters. The van der Waals surface area contributed by atoms with Crippen LogP contribution in [0.15, 0.2) is 0 Å². The van der Waals surface area contributed by atoms with Crippen molar-refractivity contribution in [1.82, 2.24) is 4.90 Å². The molecule has 0 N–H and O–H groups in total. The molecule has 1 saturated carbocycles. The van der Waals surface area contributed by atoms with Crippen LogP contribution in [-0.4, -0.2) is 53.3 Å². The third-order valence-corrected chi connectivity index (χ3v) is 7.51. The molecule has 4 nitrogen and oxygen atoms in total. The van der Waals surface area contributed by atoms with Crippen LogP contribution < -0.4 is 0 Å². The summed E-state index contributed by atoms with van der Waals surface area (Å²) >= 11 is 0. The van der Waals surface area contributed by atoms with Crippen molar-refractivity contribution >= 4 is 8.80 Å². The number of likely N-dealkylation sites (tertiary alicyclic amines) is 1. The Morgan fingerprint density at radius 3 is 1.88 bits per heavy atom. The largest absolute Gasteiger partial charge is 0.518 e. The molecule has 0 aromatic carbocycles. The van der Waals surface area contributed by atoms with Crippen molar-refractivity contribution < 1.29 is 13.3 Å². The Balaban J connectivity index is 2.00. The Hall–Kier alpha value is 0.0569. The second-order valence-corrected chi connectivity index (χ2v) is 8.15. The lowest BCUT2D eigenvalue weighted by molar-refractivity contribution is -0.00211. The molecule has 0 spiro atoms. The maximum atomic E-state index is 5.61. The van der Waals surface area contributed by atoms with E-state index in [2.05, 4.69) is 4.90 Å². The van der Waals surface area contributed by atoms with E-state index in [1.807, 2.05) is 0 Å². The van der Waals surface area contributed by atoms with E-state index in [0.29, 0.717) is 5.67 Å². The second kappa shape index (κ2) is 5.80. The van der Waals surface area contributed by atoms with Gasteiger partial charge in [0.25, 0.3) is 0 Å². The van der Waals surface area contributed by atoms with Gasteiger partial charge in [0.15, 0.2) is 0 Å². The summed E-state index contributed by atoms with van der Waals surface area (Å²) in [7, 11) is 2.70. The van der Waals surface area contributed by atoms with Gasteiger partial charge >= 0.3 is 8.80 Å². The molecule has 17 heavy (non-hydrogen) atoms. The highest BCUT2D eigenvalue weighted by Gasteiger charge is 2.55. The van der Waals surface area contributed by atoms with Crippen molar-refractivity contribution in [2.45, 2.75) is 50.2 Å². The van der Waals surface area contributed by atoms with E-state index in [4.69, 9.17) is 13.3 Å². The van der Waals surface area contributed by atoms with Gasteiger partial charge in [0.1, 0.15) is 0 Å². The Morgan fingerprint density at radius 1 is 0.882 bits per heavy atom. The predicted molar refractivity (Wildman–Crippen MR) is 68.8 cm³/mol. The molecule has 100 valence electrons. The van der Waals surface area contributed by atoms with E-state index in [-0.39, 0.29) is 0 Å². The fourth-order valence-electron chi connectivity index (χ4n) is 3.29. The summed E-state index contributed by atoms with van der Waals surface area (Å²) in [6.45, 7) is 1.18. The highest BCUT2D eigenvalue weighted by molar-refractivity contribution is 6.62. The van der Waals surface area contributed by atoms with Crippen molar-refractivity contribution in [2.24, 2.45) is 0 Å². The fraction of sp³-hybridized carbons (Fsp3) is 1.00. The van der Waals surface area contributed by atoms with Crippen LogP contribution in [0.4, 0.5) is 0 Å². The number of hydrogen-bond donors (Lipinski definition) is 0. The number of rotatable bonds is 5. The van der Waals surface area contributed by atoms with Crippen LogP contribution in [0, 0.1) is 0 Å². The minimum Gasteiger partial charge on any atom is -0.376 e. The molecule has 2 fully saturated rings. The first-order valence-electron chi connectivity index (χ1n) is 6.68. The molecule has 2 rings (SSSR count).